The lowest BCUT2D eigenvalue weighted by Crippen LogP contribution is -2.19. The second kappa shape index (κ2) is 5.71. The van der Waals surface area contributed by atoms with Crippen molar-refractivity contribution in [2.75, 3.05) is 10.6 Å². The molecule has 23 heavy (non-hydrogen) atoms. The fraction of sp³-hybridized carbons (Fsp3) is 0. The molecule has 0 aliphatic heterocycles. The van der Waals surface area contributed by atoms with E-state index in [0.29, 0.717) is 11.4 Å². The summed E-state index contributed by atoms with van der Waals surface area (Å²) in [6, 6.07) is 9.88. The maximum atomic E-state index is 11.9. The summed E-state index contributed by atoms with van der Waals surface area (Å²) in [6.45, 7) is 0. The predicted octanol–water partition coefficient (Wildman–Crippen LogP) is 2.45. The van der Waals surface area contributed by atoms with Crippen LogP contribution in [0.3, 0.4) is 0 Å². The number of benzene rings is 2. The molecule has 0 fully saturated rings. The van der Waals surface area contributed by atoms with Gasteiger partial charge in [-0.2, -0.15) is 8.42 Å². The van der Waals surface area contributed by atoms with Crippen LogP contribution >= 0.6 is 0 Å². The van der Waals surface area contributed by atoms with Crippen molar-refractivity contribution in [1.82, 2.24) is 9.97 Å². The lowest BCUT2D eigenvalue weighted by molar-refractivity contribution is 0.262. The predicted molar refractivity (Wildman–Crippen MR) is 85.0 cm³/mol. The monoisotopic (exact) mass is 332 g/mol. The molecule has 3 rings (SSSR count). The fourth-order valence-corrected chi connectivity index (χ4v) is 2.50. The van der Waals surface area contributed by atoms with E-state index in [1.165, 1.54) is 24.3 Å². The highest BCUT2D eigenvalue weighted by atomic mass is 32.2. The molecule has 0 spiro atoms. The van der Waals surface area contributed by atoms with Crippen LogP contribution in [0.25, 0.3) is 11.0 Å². The summed E-state index contributed by atoms with van der Waals surface area (Å²) in [6.07, 6.45) is 1.56. The van der Waals surface area contributed by atoms with Gasteiger partial charge in [-0.05, 0) is 42.5 Å². The summed E-state index contributed by atoms with van der Waals surface area (Å²) in [5.41, 5.74) is 2.54. The highest BCUT2D eigenvalue weighted by Gasteiger charge is 2.09. The number of nitrogens with one attached hydrogen (secondary N) is 3. The number of amides is 2. The minimum Gasteiger partial charge on any atom is -0.345 e. The van der Waals surface area contributed by atoms with Crippen LogP contribution < -0.4 is 10.6 Å². The SMILES string of the molecule is O=C(Nc1ccc(S(=O)(=O)O)cc1)Nc1ccc2nc[nH]c2c1. The lowest BCUT2D eigenvalue weighted by Gasteiger charge is -2.08. The molecule has 0 bridgehead atoms. The van der Waals surface area contributed by atoms with Crippen LogP contribution in [0.5, 0.6) is 0 Å². The zero-order valence-corrected chi connectivity index (χ0v) is 12.5. The Labute approximate surface area is 131 Å². The minimum atomic E-state index is -4.25. The standard InChI is InChI=1S/C14H12N4O4S/c19-14(17-9-1-4-11(5-2-9)23(20,21)22)18-10-3-6-12-13(7-10)16-8-15-12/h1-8H,(H,15,16)(H2,17,18,19)(H,20,21,22). The molecule has 0 aliphatic carbocycles. The number of carbonyl (C=O) groups excluding carboxylic acids is 1. The molecule has 118 valence electrons. The van der Waals surface area contributed by atoms with Crippen molar-refractivity contribution in [2.45, 2.75) is 4.90 Å². The first-order valence-electron chi connectivity index (χ1n) is 6.50. The molecule has 0 radical (unpaired) electrons. The van der Waals surface area contributed by atoms with Crippen LogP contribution in [0.1, 0.15) is 0 Å². The molecule has 1 aromatic heterocycles. The number of imidazole rings is 1. The van der Waals surface area contributed by atoms with Crippen LogP contribution in [0.15, 0.2) is 53.7 Å². The van der Waals surface area contributed by atoms with Gasteiger partial charge >= 0.3 is 6.03 Å². The molecule has 0 unspecified atom stereocenters. The van der Waals surface area contributed by atoms with E-state index in [0.717, 1.165) is 11.0 Å². The summed E-state index contributed by atoms with van der Waals surface area (Å²) in [4.78, 5) is 18.7. The number of hydrogen-bond donors (Lipinski definition) is 4. The van der Waals surface area contributed by atoms with Gasteiger partial charge in [0, 0.05) is 11.4 Å². The molecule has 4 N–H and O–H groups in total. The second-order valence-electron chi connectivity index (χ2n) is 4.71. The molecule has 2 aromatic carbocycles. The summed E-state index contributed by atoms with van der Waals surface area (Å²) in [7, 11) is -4.25. The van der Waals surface area contributed by atoms with Gasteiger partial charge < -0.3 is 15.6 Å². The molecule has 0 atom stereocenters. The minimum absolute atomic E-state index is 0.242. The van der Waals surface area contributed by atoms with Gasteiger partial charge in [0.2, 0.25) is 0 Å². The van der Waals surface area contributed by atoms with E-state index in [1.54, 1.807) is 24.5 Å². The van der Waals surface area contributed by atoms with Gasteiger partial charge in [-0.1, -0.05) is 0 Å². The smallest absolute Gasteiger partial charge is 0.323 e. The van der Waals surface area contributed by atoms with Gasteiger partial charge in [0.05, 0.1) is 22.3 Å². The first kappa shape index (κ1) is 15.0. The highest BCUT2D eigenvalue weighted by molar-refractivity contribution is 7.85. The number of rotatable bonds is 3. The Balaban J connectivity index is 1.69. The van der Waals surface area contributed by atoms with Crippen molar-refractivity contribution < 1.29 is 17.8 Å². The van der Waals surface area contributed by atoms with Crippen molar-refractivity contribution in [1.29, 1.82) is 0 Å². The zero-order valence-electron chi connectivity index (χ0n) is 11.6. The Bertz CT molecular complexity index is 964. The van der Waals surface area contributed by atoms with E-state index < -0.39 is 16.1 Å². The topological polar surface area (TPSA) is 124 Å². The maximum Gasteiger partial charge on any atom is 0.323 e. The van der Waals surface area contributed by atoms with E-state index in [1.807, 2.05) is 0 Å². The van der Waals surface area contributed by atoms with E-state index in [-0.39, 0.29) is 4.90 Å². The van der Waals surface area contributed by atoms with E-state index in [2.05, 4.69) is 20.6 Å². The molecule has 3 aromatic rings. The number of carbonyl (C=O) groups is 1. The van der Waals surface area contributed by atoms with Crippen LogP contribution in [-0.2, 0) is 10.1 Å². The van der Waals surface area contributed by atoms with Gasteiger partial charge in [-0.15, -0.1) is 0 Å². The van der Waals surface area contributed by atoms with Gasteiger partial charge in [-0.25, -0.2) is 9.78 Å². The van der Waals surface area contributed by atoms with Crippen LogP contribution in [0.4, 0.5) is 16.2 Å². The van der Waals surface area contributed by atoms with Crippen molar-refractivity contribution in [3.63, 3.8) is 0 Å². The van der Waals surface area contributed by atoms with Crippen LogP contribution in [-0.4, -0.2) is 29.0 Å². The number of urea groups is 1. The largest absolute Gasteiger partial charge is 0.345 e. The Morgan fingerprint density at radius 3 is 2.39 bits per heavy atom. The summed E-state index contributed by atoms with van der Waals surface area (Å²) in [5.74, 6) is 0. The molecular weight excluding hydrogens is 320 g/mol. The third-order valence-electron chi connectivity index (χ3n) is 3.09. The number of fused-ring (bicyclic) bond motifs is 1. The van der Waals surface area contributed by atoms with Gasteiger partial charge in [-0.3, -0.25) is 4.55 Å². The number of aromatic amines is 1. The zero-order chi connectivity index (χ0) is 16.4. The molecule has 2 amide bonds. The lowest BCUT2D eigenvalue weighted by atomic mass is 10.3. The third-order valence-corrected chi connectivity index (χ3v) is 3.96. The molecule has 0 saturated carbocycles. The Morgan fingerprint density at radius 2 is 1.70 bits per heavy atom. The Morgan fingerprint density at radius 1 is 1.04 bits per heavy atom. The summed E-state index contributed by atoms with van der Waals surface area (Å²) >= 11 is 0. The Hall–Kier alpha value is -2.91. The Kier molecular flexibility index (Phi) is 3.72. The van der Waals surface area contributed by atoms with Crippen molar-refractivity contribution in [3.05, 3.63) is 48.8 Å². The number of anilines is 2. The van der Waals surface area contributed by atoms with Crippen molar-refractivity contribution >= 4 is 38.6 Å². The quantitative estimate of drug-likeness (QED) is 0.548. The number of nitrogens with zero attached hydrogens (tertiary/aromatic N) is 1. The highest BCUT2D eigenvalue weighted by Crippen LogP contribution is 2.17. The first-order valence-corrected chi connectivity index (χ1v) is 7.94. The number of aromatic nitrogens is 2. The molecule has 1 heterocycles. The van der Waals surface area contributed by atoms with Gasteiger partial charge in [0.25, 0.3) is 10.1 Å². The van der Waals surface area contributed by atoms with E-state index in [4.69, 9.17) is 4.55 Å². The molecule has 0 saturated heterocycles. The van der Waals surface area contributed by atoms with Crippen LogP contribution in [0, 0.1) is 0 Å². The van der Waals surface area contributed by atoms with Gasteiger partial charge in [0.1, 0.15) is 0 Å². The fourth-order valence-electron chi connectivity index (χ4n) is 2.02. The molecule has 9 heteroatoms. The normalized spacial score (nSPS) is 11.3. The average Bonchev–Trinajstić information content (AvgIpc) is 2.94. The van der Waals surface area contributed by atoms with Crippen molar-refractivity contribution in [2.24, 2.45) is 0 Å². The number of hydrogen-bond acceptors (Lipinski definition) is 4. The molecular formula is C14H12N4O4S. The number of H-pyrrole nitrogens is 1. The second-order valence-corrected chi connectivity index (χ2v) is 6.13. The molecule has 0 aliphatic rings. The van der Waals surface area contributed by atoms with Gasteiger partial charge in [0.15, 0.2) is 0 Å². The van der Waals surface area contributed by atoms with Crippen LogP contribution in [0.2, 0.25) is 0 Å². The van der Waals surface area contributed by atoms with E-state index >= 15 is 0 Å². The van der Waals surface area contributed by atoms with Crippen molar-refractivity contribution in [3.8, 4) is 0 Å². The third kappa shape index (κ3) is 3.47. The molecule has 8 nitrogen and oxygen atoms in total. The first-order chi connectivity index (χ1) is 10.9. The van der Waals surface area contributed by atoms with E-state index in [9.17, 15) is 13.2 Å². The maximum absolute atomic E-state index is 11.9. The average molecular weight is 332 g/mol. The summed E-state index contributed by atoms with van der Waals surface area (Å²) < 4.78 is 30.8. The summed E-state index contributed by atoms with van der Waals surface area (Å²) in [5, 5.41) is 5.21.